The Morgan fingerprint density at radius 1 is 1.33 bits per heavy atom. The summed E-state index contributed by atoms with van der Waals surface area (Å²) in [5, 5.41) is 9.40. The van der Waals surface area contributed by atoms with Crippen molar-refractivity contribution in [3.63, 3.8) is 0 Å². The lowest BCUT2D eigenvalue weighted by Gasteiger charge is -2.26. The third-order valence-corrected chi connectivity index (χ3v) is 6.22. The van der Waals surface area contributed by atoms with Gasteiger partial charge in [-0.05, 0) is 36.0 Å². The molecule has 0 aliphatic carbocycles. The van der Waals surface area contributed by atoms with Crippen LogP contribution in [0.1, 0.15) is 5.56 Å². The van der Waals surface area contributed by atoms with Gasteiger partial charge < -0.3 is 15.4 Å². The Balaban J connectivity index is 1.58. The van der Waals surface area contributed by atoms with Crippen molar-refractivity contribution in [2.24, 2.45) is 10.7 Å². The minimum Gasteiger partial charge on any atom is -0.481 e. The van der Waals surface area contributed by atoms with Gasteiger partial charge in [0, 0.05) is 54.1 Å². The van der Waals surface area contributed by atoms with Gasteiger partial charge in [-0.1, -0.05) is 0 Å². The summed E-state index contributed by atoms with van der Waals surface area (Å²) in [6.45, 7) is -0.0328. The highest BCUT2D eigenvalue weighted by Crippen LogP contribution is 2.39. The second-order valence-electron chi connectivity index (χ2n) is 7.26. The zero-order chi connectivity index (χ0) is 23.1. The monoisotopic (exact) mass is 463 g/mol. The summed E-state index contributed by atoms with van der Waals surface area (Å²) in [5.41, 5.74) is 8.25. The first-order chi connectivity index (χ1) is 16.0. The molecule has 11 heteroatoms. The summed E-state index contributed by atoms with van der Waals surface area (Å²) < 4.78 is 22.0. The quantitative estimate of drug-likeness (QED) is 0.463. The standard InChI is InChI=1S/C22H18FN7O2S/c1-25-8-13(7-24)12-5-16(23)21-27-28-22(30(21)10-12)33-14-3-4-17-15(6-14)20-18(9-26-17)29(2)19(31)11-32-20/h3-10H,11,24H2,1-2H3. The number of anilines is 1. The number of carbonyl (C=O) groups is 1. The third-order valence-electron chi connectivity index (χ3n) is 5.27. The predicted molar refractivity (Wildman–Crippen MR) is 124 cm³/mol. The summed E-state index contributed by atoms with van der Waals surface area (Å²) in [7, 11) is 3.31. The fourth-order valence-electron chi connectivity index (χ4n) is 3.58. The van der Waals surface area contributed by atoms with Crippen molar-refractivity contribution in [3.05, 3.63) is 54.2 Å². The maximum absolute atomic E-state index is 14.7. The number of nitrogens with two attached hydrogens (primary N) is 1. The highest BCUT2D eigenvalue weighted by atomic mass is 32.2. The molecule has 0 radical (unpaired) electrons. The van der Waals surface area contributed by atoms with Crippen LogP contribution >= 0.6 is 11.8 Å². The van der Waals surface area contributed by atoms with Gasteiger partial charge in [0.05, 0.1) is 11.7 Å². The molecule has 0 saturated heterocycles. The van der Waals surface area contributed by atoms with E-state index < -0.39 is 5.82 Å². The lowest BCUT2D eigenvalue weighted by Crippen LogP contribution is -2.35. The van der Waals surface area contributed by atoms with Gasteiger partial charge in [-0.25, -0.2) is 4.39 Å². The number of ether oxygens (including phenoxy) is 1. The average Bonchev–Trinajstić information content (AvgIpc) is 3.22. The summed E-state index contributed by atoms with van der Waals surface area (Å²) in [6.07, 6.45) is 6.26. The minimum absolute atomic E-state index is 0.0328. The van der Waals surface area contributed by atoms with Crippen LogP contribution in [0.4, 0.5) is 10.1 Å². The molecule has 0 bridgehead atoms. The van der Waals surface area contributed by atoms with E-state index in [0.717, 1.165) is 15.8 Å². The Morgan fingerprint density at radius 2 is 2.18 bits per heavy atom. The van der Waals surface area contributed by atoms with Crippen LogP contribution < -0.4 is 15.4 Å². The van der Waals surface area contributed by atoms with E-state index in [0.29, 0.717) is 27.7 Å². The molecule has 0 unspecified atom stereocenters. The number of benzene rings is 1. The van der Waals surface area contributed by atoms with Crippen LogP contribution in [0.25, 0.3) is 22.1 Å². The van der Waals surface area contributed by atoms with E-state index in [-0.39, 0.29) is 18.2 Å². The number of fused-ring (bicyclic) bond motifs is 4. The maximum atomic E-state index is 14.7. The van der Waals surface area contributed by atoms with Gasteiger partial charge in [-0.15, -0.1) is 10.2 Å². The molecule has 1 aliphatic heterocycles. The second kappa shape index (κ2) is 8.17. The zero-order valence-electron chi connectivity index (χ0n) is 17.7. The van der Waals surface area contributed by atoms with Crippen molar-refractivity contribution in [1.82, 2.24) is 19.6 Å². The molecule has 1 aliphatic rings. The van der Waals surface area contributed by atoms with Gasteiger partial charge in [0.2, 0.25) is 5.16 Å². The smallest absolute Gasteiger partial charge is 0.264 e. The molecule has 2 N–H and O–H groups in total. The number of rotatable bonds is 4. The average molecular weight is 463 g/mol. The van der Waals surface area contributed by atoms with Crippen LogP contribution in [0.3, 0.4) is 0 Å². The molecule has 166 valence electrons. The number of allylic oxidation sites excluding steroid dienone is 1. The van der Waals surface area contributed by atoms with E-state index in [1.165, 1.54) is 28.9 Å². The predicted octanol–water partition coefficient (Wildman–Crippen LogP) is 2.92. The Hall–Kier alpha value is -3.99. The topological polar surface area (TPSA) is 111 Å². The van der Waals surface area contributed by atoms with Gasteiger partial charge in [0.15, 0.2) is 23.8 Å². The molecule has 0 spiro atoms. The van der Waals surface area contributed by atoms with Crippen molar-refractivity contribution in [2.45, 2.75) is 10.1 Å². The van der Waals surface area contributed by atoms with Crippen molar-refractivity contribution >= 4 is 51.7 Å². The summed E-state index contributed by atoms with van der Waals surface area (Å²) in [6, 6.07) is 7.01. The largest absolute Gasteiger partial charge is 0.481 e. The summed E-state index contributed by atoms with van der Waals surface area (Å²) >= 11 is 1.32. The maximum Gasteiger partial charge on any atom is 0.264 e. The molecule has 4 aromatic rings. The number of halogens is 1. The lowest BCUT2D eigenvalue weighted by atomic mass is 10.1. The van der Waals surface area contributed by atoms with Crippen molar-refractivity contribution in [2.75, 3.05) is 25.6 Å². The molecule has 0 fully saturated rings. The summed E-state index contributed by atoms with van der Waals surface area (Å²) in [4.78, 5) is 22.7. The Morgan fingerprint density at radius 3 is 2.97 bits per heavy atom. The van der Waals surface area contributed by atoms with E-state index in [4.69, 9.17) is 10.5 Å². The SMILES string of the molecule is CN=CC(=CN)c1cc(F)c2nnc(Sc3ccc4ncc5c(c4c3)OCC(=O)N5C)n2c1. The van der Waals surface area contributed by atoms with Crippen molar-refractivity contribution in [3.8, 4) is 5.75 Å². The van der Waals surface area contributed by atoms with Gasteiger partial charge in [-0.3, -0.25) is 19.2 Å². The molecule has 33 heavy (non-hydrogen) atoms. The van der Waals surface area contributed by atoms with E-state index in [2.05, 4.69) is 20.2 Å². The number of aliphatic imine (C=N–C) groups is 1. The fraction of sp³-hybridized carbons (Fsp3) is 0.136. The fourth-order valence-corrected chi connectivity index (χ4v) is 4.42. The van der Waals surface area contributed by atoms with Crippen LogP contribution in [0, 0.1) is 5.82 Å². The molecular formula is C22H18FN7O2S. The van der Waals surface area contributed by atoms with Crippen LogP contribution in [-0.2, 0) is 4.79 Å². The Labute approximate surface area is 191 Å². The molecule has 1 amide bonds. The number of likely N-dealkylation sites (N-methyl/N-ethyl adjacent to an activating group) is 1. The Bertz CT molecular complexity index is 1480. The van der Waals surface area contributed by atoms with Crippen molar-refractivity contribution < 1.29 is 13.9 Å². The first-order valence-electron chi connectivity index (χ1n) is 9.89. The van der Waals surface area contributed by atoms with E-state index in [9.17, 15) is 9.18 Å². The minimum atomic E-state index is -0.520. The highest BCUT2D eigenvalue weighted by Gasteiger charge is 2.25. The van der Waals surface area contributed by atoms with Gasteiger partial charge in [0.25, 0.3) is 5.91 Å². The molecule has 4 heterocycles. The van der Waals surface area contributed by atoms with E-state index in [1.807, 2.05) is 18.2 Å². The van der Waals surface area contributed by atoms with Gasteiger partial charge >= 0.3 is 0 Å². The number of aromatic nitrogens is 4. The normalized spacial score (nSPS) is 14.3. The van der Waals surface area contributed by atoms with Gasteiger partial charge in [-0.2, -0.15) is 0 Å². The molecule has 9 nitrogen and oxygen atoms in total. The molecule has 0 saturated carbocycles. The number of carbonyl (C=O) groups excluding carboxylic acids is 1. The number of pyridine rings is 2. The number of nitrogens with zero attached hydrogens (tertiary/aromatic N) is 6. The number of hydrogen-bond donors (Lipinski definition) is 1. The van der Waals surface area contributed by atoms with Crippen molar-refractivity contribution in [1.29, 1.82) is 0 Å². The first kappa shape index (κ1) is 20.9. The number of hydrogen-bond acceptors (Lipinski definition) is 8. The van der Waals surface area contributed by atoms with Crippen LogP contribution in [-0.4, -0.2) is 52.4 Å². The summed E-state index contributed by atoms with van der Waals surface area (Å²) in [5.74, 6) is -0.0601. The first-order valence-corrected chi connectivity index (χ1v) is 10.7. The zero-order valence-corrected chi connectivity index (χ0v) is 18.5. The third kappa shape index (κ3) is 3.55. The van der Waals surface area contributed by atoms with E-state index >= 15 is 0 Å². The van der Waals surface area contributed by atoms with Crippen LogP contribution in [0.15, 0.2) is 57.9 Å². The van der Waals surface area contributed by atoms with E-state index in [1.54, 1.807) is 37.1 Å². The Kier molecular flexibility index (Phi) is 5.17. The molecule has 0 atom stereocenters. The lowest BCUT2D eigenvalue weighted by molar-refractivity contribution is -0.120. The second-order valence-corrected chi connectivity index (χ2v) is 8.30. The molecule has 3 aromatic heterocycles. The van der Waals surface area contributed by atoms with Crippen LogP contribution in [0.2, 0.25) is 0 Å². The van der Waals surface area contributed by atoms with Crippen LogP contribution in [0.5, 0.6) is 5.75 Å². The molecule has 5 rings (SSSR count). The molecule has 1 aromatic carbocycles. The molecular weight excluding hydrogens is 445 g/mol. The number of amides is 1. The highest BCUT2D eigenvalue weighted by molar-refractivity contribution is 7.99. The van der Waals surface area contributed by atoms with Gasteiger partial charge in [0.1, 0.15) is 5.69 Å².